The van der Waals surface area contributed by atoms with E-state index in [4.69, 9.17) is 0 Å². The van der Waals surface area contributed by atoms with Crippen LogP contribution >= 0.6 is 7.92 Å². The lowest BCUT2D eigenvalue weighted by atomic mass is 9.94. The van der Waals surface area contributed by atoms with Crippen molar-refractivity contribution < 1.29 is 4.79 Å². The Morgan fingerprint density at radius 3 is 1.42 bits per heavy atom. The van der Waals surface area contributed by atoms with Crippen LogP contribution in [0.1, 0.15) is 51.7 Å². The van der Waals surface area contributed by atoms with Gasteiger partial charge >= 0.3 is 0 Å². The lowest BCUT2D eigenvalue weighted by molar-refractivity contribution is -0.120. The molecule has 0 saturated carbocycles. The number of Topliss-reactive ketones (excluding diaryl/α,β-unsaturated/α-hetero) is 1. The molecule has 1 aliphatic rings. The zero-order chi connectivity index (χ0) is 22.4. The van der Waals surface area contributed by atoms with Crippen molar-refractivity contribution in [3.05, 3.63) is 77.9 Å². The number of benzene rings is 3. The third kappa shape index (κ3) is 4.01. The number of carbonyl (C=O) groups excluding carboxylic acids is 1. The van der Waals surface area contributed by atoms with Gasteiger partial charge in [-0.2, -0.15) is 0 Å². The van der Waals surface area contributed by atoms with Crippen molar-refractivity contribution in [3.8, 4) is 22.3 Å². The van der Waals surface area contributed by atoms with E-state index in [1.165, 1.54) is 38.7 Å². The van der Waals surface area contributed by atoms with Gasteiger partial charge in [0.1, 0.15) is 5.78 Å². The molecule has 0 N–H and O–H groups in total. The van der Waals surface area contributed by atoms with Gasteiger partial charge in [0.2, 0.25) is 0 Å². The van der Waals surface area contributed by atoms with E-state index in [9.17, 15) is 4.79 Å². The molecule has 1 saturated heterocycles. The van der Waals surface area contributed by atoms with E-state index < -0.39 is 7.92 Å². The number of ketones is 1. The van der Waals surface area contributed by atoms with Crippen LogP contribution in [0.3, 0.4) is 0 Å². The quantitative estimate of drug-likeness (QED) is 0.391. The van der Waals surface area contributed by atoms with Crippen molar-refractivity contribution in [2.75, 3.05) is 0 Å². The van der Waals surface area contributed by atoms with Crippen LogP contribution in [0.5, 0.6) is 0 Å². The number of hydrogen-bond acceptors (Lipinski definition) is 1. The fraction of sp³-hybridized carbons (Fsp3) is 0.345. The predicted molar refractivity (Wildman–Crippen MR) is 136 cm³/mol. The molecule has 1 aliphatic heterocycles. The Kier molecular flexibility index (Phi) is 5.69. The number of rotatable bonds is 3. The van der Waals surface area contributed by atoms with Gasteiger partial charge in [0.25, 0.3) is 0 Å². The van der Waals surface area contributed by atoms with Crippen molar-refractivity contribution >= 4 is 19.0 Å². The SMILES string of the molecule is Cc1ccccc1-c1cccc(-c2ccccc2C)c1P1C(C)(C)CC(=O)CC1(C)C. The van der Waals surface area contributed by atoms with Crippen LogP contribution < -0.4 is 5.30 Å². The summed E-state index contributed by atoms with van der Waals surface area (Å²) in [5.41, 5.74) is 7.87. The zero-order valence-corrected chi connectivity index (χ0v) is 20.5. The van der Waals surface area contributed by atoms with E-state index in [1.807, 2.05) is 0 Å². The van der Waals surface area contributed by atoms with E-state index >= 15 is 0 Å². The normalized spacial score (nSPS) is 18.2. The summed E-state index contributed by atoms with van der Waals surface area (Å²) in [6.07, 6.45) is 1.33. The monoisotopic (exact) mass is 428 g/mol. The molecule has 3 aromatic rings. The second-order valence-electron chi connectivity index (χ2n) is 10.2. The van der Waals surface area contributed by atoms with E-state index in [0.29, 0.717) is 18.6 Å². The van der Waals surface area contributed by atoms with Crippen molar-refractivity contribution in [2.24, 2.45) is 0 Å². The molecule has 0 atom stereocenters. The van der Waals surface area contributed by atoms with Crippen LogP contribution in [0.4, 0.5) is 0 Å². The first-order valence-electron chi connectivity index (χ1n) is 11.2. The van der Waals surface area contributed by atoms with Gasteiger partial charge in [0, 0.05) is 12.8 Å². The Morgan fingerprint density at radius 1 is 0.613 bits per heavy atom. The average molecular weight is 429 g/mol. The maximum atomic E-state index is 12.7. The topological polar surface area (TPSA) is 17.1 Å². The largest absolute Gasteiger partial charge is 0.300 e. The van der Waals surface area contributed by atoms with E-state index in [2.05, 4.69) is 108 Å². The van der Waals surface area contributed by atoms with Crippen LogP contribution in [0.15, 0.2) is 66.7 Å². The molecule has 0 aliphatic carbocycles. The highest BCUT2D eigenvalue weighted by Crippen LogP contribution is 2.66. The Labute approximate surface area is 188 Å². The summed E-state index contributed by atoms with van der Waals surface area (Å²) >= 11 is 0. The summed E-state index contributed by atoms with van der Waals surface area (Å²) in [6, 6.07) is 24.2. The third-order valence-electron chi connectivity index (χ3n) is 6.60. The van der Waals surface area contributed by atoms with E-state index in [-0.39, 0.29) is 10.3 Å². The van der Waals surface area contributed by atoms with Crippen LogP contribution in [0.25, 0.3) is 22.3 Å². The average Bonchev–Trinajstić information content (AvgIpc) is 2.67. The summed E-state index contributed by atoms with van der Waals surface area (Å²) < 4.78 is 0. The smallest absolute Gasteiger partial charge is 0.134 e. The molecule has 0 amide bonds. The minimum absolute atomic E-state index is 0.0512. The highest BCUT2D eigenvalue weighted by Gasteiger charge is 2.49. The fourth-order valence-electron chi connectivity index (χ4n) is 5.58. The van der Waals surface area contributed by atoms with Gasteiger partial charge in [-0.15, -0.1) is 0 Å². The highest BCUT2D eigenvalue weighted by atomic mass is 31.1. The van der Waals surface area contributed by atoms with Crippen LogP contribution in [-0.2, 0) is 4.79 Å². The van der Waals surface area contributed by atoms with Gasteiger partial charge < -0.3 is 0 Å². The molecule has 2 heteroatoms. The van der Waals surface area contributed by atoms with Gasteiger partial charge in [-0.25, -0.2) is 0 Å². The molecule has 3 aromatic carbocycles. The van der Waals surface area contributed by atoms with Crippen LogP contribution in [-0.4, -0.2) is 16.1 Å². The highest BCUT2D eigenvalue weighted by molar-refractivity contribution is 7.69. The van der Waals surface area contributed by atoms with Gasteiger partial charge in [-0.05, 0) is 62.8 Å². The first-order chi connectivity index (χ1) is 14.6. The van der Waals surface area contributed by atoms with Crippen molar-refractivity contribution in [1.82, 2.24) is 0 Å². The Balaban J connectivity index is 2.09. The molecule has 0 radical (unpaired) electrons. The predicted octanol–water partition coefficient (Wildman–Crippen LogP) is 7.66. The van der Waals surface area contributed by atoms with Crippen LogP contribution in [0, 0.1) is 13.8 Å². The molecule has 160 valence electrons. The van der Waals surface area contributed by atoms with Gasteiger partial charge in [-0.1, -0.05) is 102 Å². The molecule has 0 spiro atoms. The van der Waals surface area contributed by atoms with Gasteiger partial charge in [-0.3, -0.25) is 4.79 Å². The molecule has 4 rings (SSSR count). The zero-order valence-electron chi connectivity index (χ0n) is 19.6. The maximum absolute atomic E-state index is 12.7. The Hall–Kier alpha value is -2.24. The summed E-state index contributed by atoms with van der Waals surface area (Å²) in [7, 11) is -0.614. The van der Waals surface area contributed by atoms with Crippen molar-refractivity contribution in [3.63, 3.8) is 0 Å². The first kappa shape index (κ1) is 22.0. The second-order valence-corrected chi connectivity index (χ2v) is 13.7. The number of aryl methyl sites for hydroxylation is 2. The summed E-state index contributed by atoms with van der Waals surface area (Å²) in [6.45, 7) is 13.7. The second kappa shape index (κ2) is 8.03. The molecular weight excluding hydrogens is 395 g/mol. The lowest BCUT2D eigenvalue weighted by Crippen LogP contribution is -2.44. The third-order valence-corrected chi connectivity index (χ3v) is 10.3. The molecule has 1 fully saturated rings. The summed E-state index contributed by atoms with van der Waals surface area (Å²) in [5.74, 6) is 0.402. The maximum Gasteiger partial charge on any atom is 0.134 e. The minimum atomic E-state index is -0.614. The van der Waals surface area contributed by atoms with Gasteiger partial charge in [0.15, 0.2) is 0 Å². The number of carbonyl (C=O) groups is 1. The lowest BCUT2D eigenvalue weighted by Gasteiger charge is -2.50. The minimum Gasteiger partial charge on any atom is -0.300 e. The van der Waals surface area contributed by atoms with Crippen LogP contribution in [0.2, 0.25) is 0 Å². The molecule has 31 heavy (non-hydrogen) atoms. The van der Waals surface area contributed by atoms with Crippen molar-refractivity contribution in [2.45, 2.75) is 64.7 Å². The molecular formula is C29H33OP. The first-order valence-corrected chi connectivity index (χ1v) is 12.5. The molecule has 1 nitrogen and oxygen atoms in total. The summed E-state index contributed by atoms with van der Waals surface area (Å²) in [5, 5.41) is 1.36. The Morgan fingerprint density at radius 2 is 1.00 bits per heavy atom. The molecule has 0 bridgehead atoms. The number of hydrogen-bond donors (Lipinski definition) is 0. The van der Waals surface area contributed by atoms with Gasteiger partial charge in [0.05, 0.1) is 0 Å². The standard InChI is InChI=1S/C29H33OP/c1-20-12-7-9-14-23(20)25-16-11-17-26(24-15-10-8-13-21(24)2)27(25)31-28(3,4)18-22(30)19-29(31,5)6/h7-17H,18-19H2,1-6H3. The van der Waals surface area contributed by atoms with E-state index in [1.54, 1.807) is 0 Å². The van der Waals surface area contributed by atoms with E-state index in [0.717, 1.165) is 0 Å². The van der Waals surface area contributed by atoms with Crippen molar-refractivity contribution in [1.29, 1.82) is 0 Å². The molecule has 0 aromatic heterocycles. The Bertz CT molecular complexity index is 1060. The molecule has 1 heterocycles. The fourth-order valence-corrected chi connectivity index (χ4v) is 9.97. The molecule has 0 unspecified atom stereocenters. The summed E-state index contributed by atoms with van der Waals surface area (Å²) in [4.78, 5) is 12.7.